The molecule has 2 rings (SSSR count). The summed E-state index contributed by atoms with van der Waals surface area (Å²) >= 11 is 5.67. The van der Waals surface area contributed by atoms with Gasteiger partial charge in [-0.25, -0.2) is 18.8 Å². The number of nitrogens with one attached hydrogen (secondary N) is 2. The SMILES string of the molecule is O=C(O)C(F)(F)F.OCCNCc1nonc1C(=Nc1ccc(F)c(Cl)c1)NO. The molecule has 1 heterocycles. The van der Waals surface area contributed by atoms with Gasteiger partial charge in [-0.05, 0) is 23.4 Å². The maximum atomic E-state index is 13.1. The number of halogens is 5. The van der Waals surface area contributed by atoms with Crippen molar-refractivity contribution in [2.24, 2.45) is 4.99 Å². The number of hydrogen-bond donors (Lipinski definition) is 5. The standard InChI is InChI=1S/C12H13ClFN5O3.C2HF3O2/c13-8-5-7(1-2-9(8)14)16-12(17-21)11-10(18-22-19-11)6-15-3-4-20;3-2(4,5)1(6)7/h1-2,5,15,20-21H,3-4,6H2,(H,16,17);(H,6,7). The third kappa shape index (κ3) is 7.98. The van der Waals surface area contributed by atoms with E-state index in [1.54, 1.807) is 0 Å². The average molecular weight is 444 g/mol. The molecule has 0 spiro atoms. The van der Waals surface area contributed by atoms with Gasteiger partial charge in [-0.1, -0.05) is 16.8 Å². The number of aromatic nitrogens is 2. The minimum atomic E-state index is -5.08. The van der Waals surface area contributed by atoms with Crippen LogP contribution in [0.15, 0.2) is 27.8 Å². The Bertz CT molecular complexity index is 846. The number of carboxylic acids is 1. The summed E-state index contributed by atoms with van der Waals surface area (Å²) in [5.74, 6) is -3.37. The number of carbonyl (C=O) groups is 1. The van der Waals surface area contributed by atoms with Gasteiger partial charge < -0.3 is 15.5 Å². The van der Waals surface area contributed by atoms with Crippen LogP contribution >= 0.6 is 11.6 Å². The number of nitrogens with zero attached hydrogens (tertiary/aromatic N) is 3. The fraction of sp³-hybridized carbons (Fsp3) is 0.286. The maximum absolute atomic E-state index is 13.1. The van der Waals surface area contributed by atoms with E-state index in [1.807, 2.05) is 5.48 Å². The van der Waals surface area contributed by atoms with Gasteiger partial charge in [0.05, 0.1) is 17.3 Å². The molecule has 1 aromatic heterocycles. The highest BCUT2D eigenvalue weighted by atomic mass is 35.5. The van der Waals surface area contributed by atoms with Gasteiger partial charge in [-0.15, -0.1) is 0 Å². The molecule has 0 saturated heterocycles. The Morgan fingerprint density at radius 2 is 1.97 bits per heavy atom. The number of aliphatic imine (C=N–C) groups is 1. The quantitative estimate of drug-likeness (QED) is 0.147. The molecule has 1 aromatic carbocycles. The number of alkyl halides is 3. The Hall–Kier alpha value is -2.81. The summed E-state index contributed by atoms with van der Waals surface area (Å²) < 4.78 is 49.5. The zero-order chi connectivity index (χ0) is 22.0. The van der Waals surface area contributed by atoms with E-state index in [-0.39, 0.29) is 29.7 Å². The Labute approximate surface area is 164 Å². The number of aliphatic hydroxyl groups excluding tert-OH is 1. The Morgan fingerprint density at radius 1 is 1.31 bits per heavy atom. The number of carboxylic acid groups (broad SMARTS) is 1. The first kappa shape index (κ1) is 24.2. The summed E-state index contributed by atoms with van der Waals surface area (Å²) in [7, 11) is 0. The van der Waals surface area contributed by atoms with Crippen LogP contribution in [-0.4, -0.2) is 56.9 Å². The van der Waals surface area contributed by atoms with Gasteiger partial charge in [0.2, 0.25) is 0 Å². The molecule has 0 unspecified atom stereocenters. The summed E-state index contributed by atoms with van der Waals surface area (Å²) in [5.41, 5.74) is 2.75. The number of aliphatic hydroxyl groups is 1. The number of benzene rings is 1. The van der Waals surface area contributed by atoms with Crippen LogP contribution in [0.4, 0.5) is 23.2 Å². The largest absolute Gasteiger partial charge is 0.490 e. The molecular weight excluding hydrogens is 430 g/mol. The predicted molar refractivity (Wildman–Crippen MR) is 89.3 cm³/mol. The van der Waals surface area contributed by atoms with Gasteiger partial charge in [-0.2, -0.15) is 13.2 Å². The molecule has 0 bridgehead atoms. The van der Waals surface area contributed by atoms with E-state index in [1.165, 1.54) is 12.1 Å². The van der Waals surface area contributed by atoms with Gasteiger partial charge in [0.25, 0.3) is 0 Å². The van der Waals surface area contributed by atoms with E-state index in [2.05, 4.69) is 25.3 Å². The lowest BCUT2D eigenvalue weighted by molar-refractivity contribution is -0.192. The van der Waals surface area contributed by atoms with Crippen molar-refractivity contribution in [3.63, 3.8) is 0 Å². The molecule has 15 heteroatoms. The maximum Gasteiger partial charge on any atom is 0.490 e. The molecule has 0 amide bonds. The third-order valence-corrected chi connectivity index (χ3v) is 3.14. The molecule has 0 aliphatic heterocycles. The second-order valence-corrected chi connectivity index (χ2v) is 5.34. The van der Waals surface area contributed by atoms with E-state index in [4.69, 9.17) is 26.6 Å². The van der Waals surface area contributed by atoms with Crippen LogP contribution in [0.5, 0.6) is 0 Å². The Morgan fingerprint density at radius 3 is 2.48 bits per heavy atom. The van der Waals surface area contributed by atoms with Crippen molar-refractivity contribution in [3.05, 3.63) is 40.4 Å². The second-order valence-electron chi connectivity index (χ2n) is 4.93. The number of hydrogen-bond acceptors (Lipinski definition) is 8. The lowest BCUT2D eigenvalue weighted by Gasteiger charge is -2.04. The normalized spacial score (nSPS) is 11.6. The molecule has 0 radical (unpaired) electrons. The third-order valence-electron chi connectivity index (χ3n) is 2.85. The number of rotatable bonds is 6. The fourth-order valence-corrected chi connectivity index (χ4v) is 1.78. The van der Waals surface area contributed by atoms with Crippen LogP contribution in [0.2, 0.25) is 5.02 Å². The van der Waals surface area contributed by atoms with Gasteiger partial charge >= 0.3 is 12.1 Å². The number of aliphatic carboxylic acids is 1. The minimum absolute atomic E-state index is 0.0338. The van der Waals surface area contributed by atoms with Crippen molar-refractivity contribution in [1.82, 2.24) is 21.1 Å². The smallest absolute Gasteiger partial charge is 0.475 e. The van der Waals surface area contributed by atoms with Crippen LogP contribution in [0.1, 0.15) is 11.4 Å². The fourth-order valence-electron chi connectivity index (χ4n) is 1.60. The van der Waals surface area contributed by atoms with Gasteiger partial charge in [0.1, 0.15) is 11.5 Å². The first-order valence-electron chi connectivity index (χ1n) is 7.47. The van der Waals surface area contributed by atoms with Crippen molar-refractivity contribution < 1.29 is 42.4 Å². The molecule has 10 nitrogen and oxygen atoms in total. The van der Waals surface area contributed by atoms with Crippen LogP contribution in [0.25, 0.3) is 0 Å². The van der Waals surface area contributed by atoms with Gasteiger partial charge in [0.15, 0.2) is 11.5 Å². The first-order chi connectivity index (χ1) is 13.6. The van der Waals surface area contributed by atoms with Gasteiger partial charge in [-0.3, -0.25) is 10.7 Å². The van der Waals surface area contributed by atoms with Gasteiger partial charge in [0, 0.05) is 13.1 Å². The second kappa shape index (κ2) is 11.3. The van der Waals surface area contributed by atoms with Crippen molar-refractivity contribution in [1.29, 1.82) is 0 Å². The number of hydroxylamine groups is 1. The van der Waals surface area contributed by atoms with E-state index in [9.17, 15) is 22.8 Å². The lowest BCUT2D eigenvalue weighted by Crippen LogP contribution is -2.24. The molecular formula is C14H14ClF4N5O5. The van der Waals surface area contributed by atoms with Crippen LogP contribution in [0.3, 0.4) is 0 Å². The highest BCUT2D eigenvalue weighted by molar-refractivity contribution is 6.31. The summed E-state index contributed by atoms with van der Waals surface area (Å²) in [4.78, 5) is 13.0. The van der Waals surface area contributed by atoms with E-state index in [0.717, 1.165) is 6.07 Å². The topological polar surface area (TPSA) is 153 Å². The monoisotopic (exact) mass is 443 g/mol. The summed E-state index contributed by atoms with van der Waals surface area (Å²) in [6, 6.07) is 3.84. The zero-order valence-electron chi connectivity index (χ0n) is 14.2. The molecule has 2 aromatic rings. The predicted octanol–water partition coefficient (Wildman–Crippen LogP) is 1.63. The van der Waals surface area contributed by atoms with Crippen molar-refractivity contribution in [3.8, 4) is 0 Å². The molecule has 0 fully saturated rings. The Balaban J connectivity index is 0.000000516. The summed E-state index contributed by atoms with van der Waals surface area (Å²) in [6.07, 6.45) is -5.08. The average Bonchev–Trinajstić information content (AvgIpc) is 3.11. The lowest BCUT2D eigenvalue weighted by atomic mass is 10.2. The number of amidine groups is 1. The zero-order valence-corrected chi connectivity index (χ0v) is 15.0. The van der Waals surface area contributed by atoms with Crippen molar-refractivity contribution >= 4 is 29.1 Å². The molecule has 0 atom stereocenters. The van der Waals surface area contributed by atoms with Crippen molar-refractivity contribution in [2.45, 2.75) is 12.7 Å². The van der Waals surface area contributed by atoms with Crippen LogP contribution < -0.4 is 10.8 Å². The molecule has 0 saturated carbocycles. The summed E-state index contributed by atoms with van der Waals surface area (Å²) in [5, 5.41) is 35.2. The van der Waals surface area contributed by atoms with E-state index in [0.29, 0.717) is 17.9 Å². The first-order valence-corrected chi connectivity index (χ1v) is 7.85. The molecule has 29 heavy (non-hydrogen) atoms. The van der Waals surface area contributed by atoms with E-state index < -0.39 is 18.0 Å². The molecule has 0 aliphatic carbocycles. The van der Waals surface area contributed by atoms with E-state index >= 15 is 0 Å². The van der Waals surface area contributed by atoms with Crippen molar-refractivity contribution in [2.75, 3.05) is 13.2 Å². The molecule has 5 N–H and O–H groups in total. The highest BCUT2D eigenvalue weighted by Gasteiger charge is 2.38. The highest BCUT2D eigenvalue weighted by Crippen LogP contribution is 2.22. The molecule has 160 valence electrons. The van der Waals surface area contributed by atoms with Crippen LogP contribution in [0, 0.1) is 5.82 Å². The summed E-state index contributed by atoms with van der Waals surface area (Å²) in [6.45, 7) is 0.580. The minimum Gasteiger partial charge on any atom is -0.475 e. The molecule has 0 aliphatic rings. The Kier molecular flexibility index (Phi) is 9.40. The van der Waals surface area contributed by atoms with Crippen LogP contribution in [-0.2, 0) is 11.3 Å².